The molecule has 98 valence electrons. The van der Waals surface area contributed by atoms with Gasteiger partial charge in [0, 0.05) is 25.1 Å². The largest absolute Gasteiger partial charge is 0.381 e. The van der Waals surface area contributed by atoms with E-state index in [0.29, 0.717) is 11.8 Å². The molecular formula is C13H24N2O2. The first-order chi connectivity index (χ1) is 8.18. The van der Waals surface area contributed by atoms with Crippen molar-refractivity contribution in [2.24, 2.45) is 23.5 Å². The third kappa shape index (κ3) is 3.19. The molecule has 0 bridgehead atoms. The van der Waals surface area contributed by atoms with Crippen LogP contribution in [0.4, 0.5) is 0 Å². The monoisotopic (exact) mass is 240 g/mol. The molecule has 0 spiro atoms. The van der Waals surface area contributed by atoms with Gasteiger partial charge < -0.3 is 15.8 Å². The summed E-state index contributed by atoms with van der Waals surface area (Å²) in [5.41, 5.74) is 6.12. The van der Waals surface area contributed by atoms with Gasteiger partial charge in [0.25, 0.3) is 0 Å². The normalized spacial score (nSPS) is 38.0. The van der Waals surface area contributed by atoms with Gasteiger partial charge in [0.2, 0.25) is 5.91 Å². The summed E-state index contributed by atoms with van der Waals surface area (Å²) in [6.45, 7) is 4.51. The highest BCUT2D eigenvalue weighted by molar-refractivity contribution is 5.79. The Balaban J connectivity index is 1.78. The van der Waals surface area contributed by atoms with Crippen molar-refractivity contribution in [1.29, 1.82) is 0 Å². The molecule has 4 heteroatoms. The second-order valence-electron chi connectivity index (χ2n) is 5.57. The van der Waals surface area contributed by atoms with Gasteiger partial charge in [-0.1, -0.05) is 13.3 Å². The summed E-state index contributed by atoms with van der Waals surface area (Å²) in [7, 11) is 0. The van der Waals surface area contributed by atoms with Crippen LogP contribution >= 0.6 is 0 Å². The number of nitrogens with two attached hydrogens (primary N) is 1. The molecule has 2 fully saturated rings. The van der Waals surface area contributed by atoms with Gasteiger partial charge in [-0.05, 0) is 25.2 Å². The molecule has 1 heterocycles. The Hall–Kier alpha value is -0.610. The summed E-state index contributed by atoms with van der Waals surface area (Å²) in [6, 6.07) is 0.0311. The Morgan fingerprint density at radius 3 is 2.94 bits per heavy atom. The molecule has 0 aromatic heterocycles. The molecule has 4 nitrogen and oxygen atoms in total. The molecule has 4 unspecified atom stereocenters. The van der Waals surface area contributed by atoms with Crippen LogP contribution in [0.25, 0.3) is 0 Å². The molecular weight excluding hydrogens is 216 g/mol. The molecule has 17 heavy (non-hydrogen) atoms. The van der Waals surface area contributed by atoms with Crippen molar-refractivity contribution in [2.45, 2.75) is 38.6 Å². The molecule has 4 atom stereocenters. The van der Waals surface area contributed by atoms with Gasteiger partial charge in [0.15, 0.2) is 0 Å². The van der Waals surface area contributed by atoms with E-state index in [2.05, 4.69) is 12.2 Å². The van der Waals surface area contributed by atoms with E-state index in [-0.39, 0.29) is 17.9 Å². The predicted octanol–water partition coefficient (Wildman–Crippen LogP) is 0.903. The van der Waals surface area contributed by atoms with E-state index in [1.54, 1.807) is 0 Å². The van der Waals surface area contributed by atoms with Gasteiger partial charge in [-0.2, -0.15) is 0 Å². The molecule has 0 radical (unpaired) electrons. The summed E-state index contributed by atoms with van der Waals surface area (Å²) in [5, 5.41) is 3.05. The van der Waals surface area contributed by atoms with E-state index in [0.717, 1.165) is 45.4 Å². The lowest BCUT2D eigenvalue weighted by molar-refractivity contribution is -0.127. The zero-order chi connectivity index (χ0) is 12.3. The first kappa shape index (κ1) is 12.8. The van der Waals surface area contributed by atoms with Crippen molar-refractivity contribution in [1.82, 2.24) is 5.32 Å². The highest BCUT2D eigenvalue weighted by atomic mass is 16.5. The molecule has 2 aliphatic rings. The second kappa shape index (κ2) is 5.83. The summed E-state index contributed by atoms with van der Waals surface area (Å²) >= 11 is 0. The maximum atomic E-state index is 12.1. The smallest absolute Gasteiger partial charge is 0.224 e. The van der Waals surface area contributed by atoms with Crippen molar-refractivity contribution in [2.75, 3.05) is 19.8 Å². The average molecular weight is 240 g/mol. The fourth-order valence-electron chi connectivity index (χ4n) is 2.87. The van der Waals surface area contributed by atoms with E-state index in [1.165, 1.54) is 0 Å². The lowest BCUT2D eigenvalue weighted by Crippen LogP contribution is -2.48. The predicted molar refractivity (Wildman–Crippen MR) is 66.4 cm³/mol. The van der Waals surface area contributed by atoms with E-state index < -0.39 is 0 Å². The van der Waals surface area contributed by atoms with Gasteiger partial charge >= 0.3 is 0 Å². The van der Waals surface area contributed by atoms with E-state index in [9.17, 15) is 4.79 Å². The number of carbonyl (C=O) groups excluding carboxylic acids is 1. The van der Waals surface area contributed by atoms with Crippen molar-refractivity contribution >= 4 is 5.91 Å². The first-order valence-corrected chi connectivity index (χ1v) is 6.79. The number of hydrogen-bond acceptors (Lipinski definition) is 3. The highest BCUT2D eigenvalue weighted by Gasteiger charge is 2.32. The van der Waals surface area contributed by atoms with Crippen molar-refractivity contribution in [3.8, 4) is 0 Å². The fraction of sp³-hybridized carbons (Fsp3) is 0.923. The zero-order valence-electron chi connectivity index (χ0n) is 10.7. The maximum absolute atomic E-state index is 12.1. The molecule has 2 rings (SSSR count). The third-order valence-corrected chi connectivity index (χ3v) is 4.22. The Morgan fingerprint density at radius 2 is 2.24 bits per heavy atom. The van der Waals surface area contributed by atoms with Crippen molar-refractivity contribution < 1.29 is 9.53 Å². The van der Waals surface area contributed by atoms with Crippen molar-refractivity contribution in [3.63, 3.8) is 0 Å². The molecule has 3 N–H and O–H groups in total. The second-order valence-corrected chi connectivity index (χ2v) is 5.57. The van der Waals surface area contributed by atoms with Gasteiger partial charge in [0.05, 0.1) is 12.5 Å². The number of rotatable bonds is 3. The Morgan fingerprint density at radius 1 is 1.41 bits per heavy atom. The van der Waals surface area contributed by atoms with Crippen molar-refractivity contribution in [3.05, 3.63) is 0 Å². The Kier molecular flexibility index (Phi) is 4.40. The standard InChI is InChI=1S/C13H24N2O2/c1-9-3-2-4-11(12(9)14)13(16)15-7-10-5-6-17-8-10/h9-12H,2-8,14H2,1H3,(H,15,16). The van der Waals surface area contributed by atoms with Gasteiger partial charge in [-0.3, -0.25) is 4.79 Å². The fourth-order valence-corrected chi connectivity index (χ4v) is 2.87. The molecule has 1 amide bonds. The van der Waals surface area contributed by atoms with Crippen LogP contribution < -0.4 is 11.1 Å². The third-order valence-electron chi connectivity index (χ3n) is 4.22. The minimum atomic E-state index is 0.0149. The molecule has 0 aromatic rings. The lowest BCUT2D eigenvalue weighted by atomic mass is 9.78. The first-order valence-electron chi connectivity index (χ1n) is 6.79. The van der Waals surface area contributed by atoms with E-state index >= 15 is 0 Å². The molecule has 1 aliphatic carbocycles. The number of hydrogen-bond donors (Lipinski definition) is 2. The molecule has 1 aliphatic heterocycles. The van der Waals surface area contributed by atoms with Crippen LogP contribution in [0.5, 0.6) is 0 Å². The van der Waals surface area contributed by atoms with Gasteiger partial charge in [0.1, 0.15) is 0 Å². The average Bonchev–Trinajstić information content (AvgIpc) is 2.82. The molecule has 1 saturated heterocycles. The Labute approximate surface area is 103 Å². The van der Waals surface area contributed by atoms with Crippen LogP contribution in [-0.4, -0.2) is 31.7 Å². The van der Waals surface area contributed by atoms with E-state index in [1.807, 2.05) is 0 Å². The van der Waals surface area contributed by atoms with Gasteiger partial charge in [-0.25, -0.2) is 0 Å². The van der Waals surface area contributed by atoms with Crippen LogP contribution in [0, 0.1) is 17.8 Å². The number of carbonyl (C=O) groups is 1. The minimum absolute atomic E-state index is 0.0149. The quantitative estimate of drug-likeness (QED) is 0.770. The van der Waals surface area contributed by atoms with Crippen LogP contribution in [0.2, 0.25) is 0 Å². The summed E-state index contributed by atoms with van der Waals surface area (Å²) in [5.74, 6) is 1.13. The minimum Gasteiger partial charge on any atom is -0.381 e. The molecule has 0 aromatic carbocycles. The Bertz CT molecular complexity index is 264. The summed E-state index contributed by atoms with van der Waals surface area (Å²) < 4.78 is 5.30. The number of nitrogens with one attached hydrogen (secondary N) is 1. The molecule has 1 saturated carbocycles. The lowest BCUT2D eigenvalue weighted by Gasteiger charge is -2.33. The zero-order valence-corrected chi connectivity index (χ0v) is 10.7. The number of amides is 1. The van der Waals surface area contributed by atoms with Crippen LogP contribution in [0.1, 0.15) is 32.6 Å². The highest BCUT2D eigenvalue weighted by Crippen LogP contribution is 2.28. The van der Waals surface area contributed by atoms with E-state index in [4.69, 9.17) is 10.5 Å². The summed E-state index contributed by atoms with van der Waals surface area (Å²) in [4.78, 5) is 12.1. The SMILES string of the molecule is CC1CCCC(C(=O)NCC2CCOC2)C1N. The van der Waals surface area contributed by atoms with Crippen LogP contribution in [0.15, 0.2) is 0 Å². The van der Waals surface area contributed by atoms with Crippen LogP contribution in [-0.2, 0) is 9.53 Å². The van der Waals surface area contributed by atoms with Crippen LogP contribution in [0.3, 0.4) is 0 Å². The topological polar surface area (TPSA) is 64.3 Å². The summed E-state index contributed by atoms with van der Waals surface area (Å²) in [6.07, 6.45) is 4.28. The number of ether oxygens (including phenoxy) is 1. The maximum Gasteiger partial charge on any atom is 0.224 e. The van der Waals surface area contributed by atoms with Gasteiger partial charge in [-0.15, -0.1) is 0 Å².